The average molecular weight is 353 g/mol. The van der Waals surface area contributed by atoms with Crippen LogP contribution in [0.25, 0.3) is 0 Å². The molecule has 2 amide bonds. The molecule has 0 aromatic heterocycles. The van der Waals surface area contributed by atoms with Crippen LogP contribution in [0.15, 0.2) is 40.9 Å². The molecule has 0 unspecified atom stereocenters. The summed E-state index contributed by atoms with van der Waals surface area (Å²) in [6.45, 7) is 1.87. The number of anilines is 2. The topological polar surface area (TPSA) is 50.4 Å². The normalized spacial score (nSPS) is 10.1. The quantitative estimate of drug-likeness (QED) is 0.851. The van der Waals surface area contributed by atoms with Gasteiger partial charge in [0.1, 0.15) is 11.6 Å². The van der Waals surface area contributed by atoms with E-state index in [-0.39, 0.29) is 5.82 Å². The van der Waals surface area contributed by atoms with Gasteiger partial charge < -0.3 is 15.4 Å². The van der Waals surface area contributed by atoms with Gasteiger partial charge in [-0.15, -0.1) is 0 Å². The predicted octanol–water partition coefficient (Wildman–Crippen LogP) is 4.55. The fourth-order valence-corrected chi connectivity index (χ4v) is 2.22. The first-order valence-corrected chi connectivity index (χ1v) is 6.96. The van der Waals surface area contributed by atoms with Crippen molar-refractivity contribution >= 4 is 33.3 Å². The van der Waals surface area contributed by atoms with Crippen molar-refractivity contribution in [3.63, 3.8) is 0 Å². The molecule has 4 nitrogen and oxygen atoms in total. The number of aryl methyl sites for hydroxylation is 1. The van der Waals surface area contributed by atoms with Crippen LogP contribution >= 0.6 is 15.9 Å². The lowest BCUT2D eigenvalue weighted by molar-refractivity contribution is 0.262. The summed E-state index contributed by atoms with van der Waals surface area (Å²) in [7, 11) is 1.58. The standard InChI is InChI=1S/C15H14BrFN2O2/c1-9-7-11(21-2)4-6-13(9)18-15(20)19-14-5-3-10(17)8-12(14)16/h3-8H,1-2H3,(H2,18,19,20). The highest BCUT2D eigenvalue weighted by molar-refractivity contribution is 9.10. The Morgan fingerprint density at radius 3 is 2.43 bits per heavy atom. The van der Waals surface area contributed by atoms with Crippen LogP contribution < -0.4 is 15.4 Å². The highest BCUT2D eigenvalue weighted by Gasteiger charge is 2.08. The molecule has 0 radical (unpaired) electrons. The number of halogens is 2. The van der Waals surface area contributed by atoms with Gasteiger partial charge in [0.25, 0.3) is 0 Å². The van der Waals surface area contributed by atoms with Gasteiger partial charge in [-0.25, -0.2) is 9.18 Å². The van der Waals surface area contributed by atoms with E-state index in [1.54, 1.807) is 19.2 Å². The van der Waals surface area contributed by atoms with E-state index in [0.717, 1.165) is 11.3 Å². The van der Waals surface area contributed by atoms with Gasteiger partial charge in [-0.2, -0.15) is 0 Å². The molecule has 0 saturated carbocycles. The Hall–Kier alpha value is -2.08. The van der Waals surface area contributed by atoms with Crippen molar-refractivity contribution in [2.75, 3.05) is 17.7 Å². The maximum atomic E-state index is 13.0. The fourth-order valence-electron chi connectivity index (χ4n) is 1.77. The molecule has 6 heteroatoms. The zero-order chi connectivity index (χ0) is 15.4. The Labute approximate surface area is 130 Å². The van der Waals surface area contributed by atoms with Crippen LogP contribution in [0.4, 0.5) is 20.6 Å². The van der Waals surface area contributed by atoms with Crippen molar-refractivity contribution in [3.8, 4) is 5.75 Å². The first kappa shape index (κ1) is 15.3. The van der Waals surface area contributed by atoms with E-state index >= 15 is 0 Å². The Morgan fingerprint density at radius 1 is 1.14 bits per heavy atom. The number of ether oxygens (including phenoxy) is 1. The summed E-state index contributed by atoms with van der Waals surface area (Å²) in [5, 5.41) is 5.38. The smallest absolute Gasteiger partial charge is 0.323 e. The van der Waals surface area contributed by atoms with Crippen LogP contribution in [0, 0.1) is 12.7 Å². The summed E-state index contributed by atoms with van der Waals surface area (Å²) in [6.07, 6.45) is 0. The molecule has 0 saturated heterocycles. The molecule has 0 atom stereocenters. The van der Waals surface area contributed by atoms with Crippen LogP contribution in [0.3, 0.4) is 0 Å². The number of carbonyl (C=O) groups is 1. The highest BCUT2D eigenvalue weighted by atomic mass is 79.9. The van der Waals surface area contributed by atoms with E-state index in [0.29, 0.717) is 15.8 Å². The number of hydrogen-bond donors (Lipinski definition) is 2. The van der Waals surface area contributed by atoms with Crippen molar-refractivity contribution in [3.05, 3.63) is 52.3 Å². The summed E-state index contributed by atoms with van der Waals surface area (Å²) < 4.78 is 18.6. The molecule has 0 bridgehead atoms. The number of benzene rings is 2. The lowest BCUT2D eigenvalue weighted by atomic mass is 10.2. The van der Waals surface area contributed by atoms with Gasteiger partial charge in [0.2, 0.25) is 0 Å². The second-order valence-corrected chi connectivity index (χ2v) is 5.24. The summed E-state index contributed by atoms with van der Waals surface area (Å²) >= 11 is 3.20. The first-order chi connectivity index (χ1) is 9.99. The van der Waals surface area contributed by atoms with Crippen molar-refractivity contribution in [2.45, 2.75) is 6.92 Å². The van der Waals surface area contributed by atoms with Gasteiger partial charge in [0, 0.05) is 10.2 Å². The number of amides is 2. The van der Waals surface area contributed by atoms with Crippen molar-refractivity contribution in [2.24, 2.45) is 0 Å². The van der Waals surface area contributed by atoms with E-state index in [1.807, 2.05) is 13.0 Å². The third-order valence-corrected chi connectivity index (χ3v) is 3.52. The Kier molecular flexibility index (Phi) is 4.80. The summed E-state index contributed by atoms with van der Waals surface area (Å²) in [6, 6.07) is 8.98. The lowest BCUT2D eigenvalue weighted by Gasteiger charge is -2.12. The van der Waals surface area contributed by atoms with Crippen LogP contribution in [0.1, 0.15) is 5.56 Å². The van der Waals surface area contributed by atoms with Gasteiger partial charge in [-0.1, -0.05) is 0 Å². The monoisotopic (exact) mass is 352 g/mol. The summed E-state index contributed by atoms with van der Waals surface area (Å²) in [5.41, 5.74) is 2.04. The van der Waals surface area contributed by atoms with E-state index in [9.17, 15) is 9.18 Å². The van der Waals surface area contributed by atoms with E-state index in [4.69, 9.17) is 4.74 Å². The van der Waals surface area contributed by atoms with Crippen LogP contribution in [-0.2, 0) is 0 Å². The summed E-state index contributed by atoms with van der Waals surface area (Å²) in [5.74, 6) is 0.346. The summed E-state index contributed by atoms with van der Waals surface area (Å²) in [4.78, 5) is 12.0. The third kappa shape index (κ3) is 3.95. The molecular formula is C15H14BrFN2O2. The van der Waals surface area contributed by atoms with E-state index in [1.165, 1.54) is 18.2 Å². The molecule has 2 rings (SSSR count). The Balaban J connectivity index is 2.08. The molecule has 0 aliphatic carbocycles. The predicted molar refractivity (Wildman–Crippen MR) is 84.5 cm³/mol. The second-order valence-electron chi connectivity index (χ2n) is 4.38. The number of rotatable bonds is 3. The minimum Gasteiger partial charge on any atom is -0.497 e. The first-order valence-electron chi connectivity index (χ1n) is 6.17. The highest BCUT2D eigenvalue weighted by Crippen LogP contribution is 2.24. The van der Waals surface area contributed by atoms with Gasteiger partial charge in [-0.3, -0.25) is 0 Å². The Morgan fingerprint density at radius 2 is 1.81 bits per heavy atom. The molecule has 21 heavy (non-hydrogen) atoms. The molecule has 0 aliphatic heterocycles. The third-order valence-electron chi connectivity index (χ3n) is 2.86. The van der Waals surface area contributed by atoms with E-state index in [2.05, 4.69) is 26.6 Å². The van der Waals surface area contributed by atoms with Gasteiger partial charge in [0.05, 0.1) is 12.8 Å². The van der Waals surface area contributed by atoms with Gasteiger partial charge >= 0.3 is 6.03 Å². The van der Waals surface area contributed by atoms with Crippen LogP contribution in [0.2, 0.25) is 0 Å². The second kappa shape index (κ2) is 6.58. The zero-order valence-corrected chi connectivity index (χ0v) is 13.1. The van der Waals surface area contributed by atoms with Crippen LogP contribution in [-0.4, -0.2) is 13.1 Å². The largest absolute Gasteiger partial charge is 0.497 e. The fraction of sp³-hybridized carbons (Fsp3) is 0.133. The van der Waals surface area contributed by atoms with Crippen molar-refractivity contribution in [1.29, 1.82) is 0 Å². The average Bonchev–Trinajstić information content (AvgIpc) is 2.44. The molecule has 0 spiro atoms. The number of urea groups is 1. The SMILES string of the molecule is COc1ccc(NC(=O)Nc2ccc(F)cc2Br)c(C)c1. The maximum absolute atomic E-state index is 13.0. The lowest BCUT2D eigenvalue weighted by Crippen LogP contribution is -2.20. The molecule has 110 valence electrons. The molecule has 0 aliphatic rings. The molecule has 2 aromatic rings. The zero-order valence-electron chi connectivity index (χ0n) is 11.5. The maximum Gasteiger partial charge on any atom is 0.323 e. The van der Waals surface area contributed by atoms with Gasteiger partial charge in [0.15, 0.2) is 0 Å². The van der Waals surface area contributed by atoms with E-state index < -0.39 is 6.03 Å². The van der Waals surface area contributed by atoms with Crippen molar-refractivity contribution < 1.29 is 13.9 Å². The number of nitrogens with one attached hydrogen (secondary N) is 2. The minimum atomic E-state index is -0.407. The number of carbonyl (C=O) groups excluding carboxylic acids is 1. The number of methoxy groups -OCH3 is 1. The minimum absolute atomic E-state index is 0.376. The molecular weight excluding hydrogens is 339 g/mol. The molecule has 2 aromatic carbocycles. The Bertz CT molecular complexity index is 677. The van der Waals surface area contributed by atoms with Crippen molar-refractivity contribution in [1.82, 2.24) is 0 Å². The molecule has 2 N–H and O–H groups in total. The molecule has 0 fully saturated rings. The van der Waals surface area contributed by atoms with Gasteiger partial charge in [-0.05, 0) is 64.8 Å². The molecule has 0 heterocycles. The van der Waals surface area contributed by atoms with Crippen LogP contribution in [0.5, 0.6) is 5.75 Å². The number of hydrogen-bond acceptors (Lipinski definition) is 2.